The van der Waals surface area contributed by atoms with E-state index in [9.17, 15) is 8.42 Å². The van der Waals surface area contributed by atoms with Crippen LogP contribution in [0.1, 0.15) is 26.5 Å². The van der Waals surface area contributed by atoms with E-state index < -0.39 is 10.0 Å². The number of nitrogens with two attached hydrogens (primary N) is 1. The van der Waals surface area contributed by atoms with Crippen molar-refractivity contribution in [2.24, 2.45) is 5.73 Å². The Morgan fingerprint density at radius 1 is 1.44 bits per heavy atom. The third-order valence-electron chi connectivity index (χ3n) is 2.29. The summed E-state index contributed by atoms with van der Waals surface area (Å²) in [5.74, 6) is 0.471. The lowest BCUT2D eigenvalue weighted by Gasteiger charge is -2.22. The first-order valence-electron chi connectivity index (χ1n) is 5.24. The maximum Gasteiger partial charge on any atom is 0.276 e. The molecular weight excluding hydrogens is 228 g/mol. The molecule has 16 heavy (non-hydrogen) atoms. The van der Waals surface area contributed by atoms with Crippen LogP contribution in [-0.2, 0) is 16.6 Å². The summed E-state index contributed by atoms with van der Waals surface area (Å²) in [6.45, 7) is 6.06. The van der Waals surface area contributed by atoms with Gasteiger partial charge in [-0.3, -0.25) is 0 Å². The van der Waals surface area contributed by atoms with Gasteiger partial charge in [-0.1, -0.05) is 6.92 Å². The Bertz CT molecular complexity index is 437. The molecule has 0 fully saturated rings. The Hall–Kier alpha value is -0.850. The van der Waals surface area contributed by atoms with E-state index in [1.54, 1.807) is 13.0 Å². The summed E-state index contributed by atoms with van der Waals surface area (Å²) in [5.41, 5.74) is 5.37. The molecule has 0 bridgehead atoms. The van der Waals surface area contributed by atoms with Crippen LogP contribution in [0.4, 0.5) is 0 Å². The van der Waals surface area contributed by atoms with Crippen LogP contribution in [0.15, 0.2) is 21.6 Å². The van der Waals surface area contributed by atoms with Gasteiger partial charge in [0.05, 0.1) is 6.54 Å². The number of rotatable bonds is 5. The fourth-order valence-electron chi connectivity index (χ4n) is 1.53. The molecule has 92 valence electrons. The van der Waals surface area contributed by atoms with Crippen LogP contribution in [0.25, 0.3) is 0 Å². The van der Waals surface area contributed by atoms with Crippen molar-refractivity contribution in [3.05, 3.63) is 17.9 Å². The molecule has 0 spiro atoms. The SMILES string of the molecule is CCN(C(C)C)S(=O)(=O)c1ccc(CN)o1. The Morgan fingerprint density at radius 2 is 2.06 bits per heavy atom. The molecule has 6 heteroatoms. The van der Waals surface area contributed by atoms with Crippen molar-refractivity contribution < 1.29 is 12.8 Å². The fraction of sp³-hybridized carbons (Fsp3) is 0.600. The van der Waals surface area contributed by atoms with Gasteiger partial charge >= 0.3 is 0 Å². The molecule has 0 saturated heterocycles. The molecule has 0 saturated carbocycles. The Morgan fingerprint density at radius 3 is 2.44 bits per heavy atom. The van der Waals surface area contributed by atoms with Gasteiger partial charge in [0.1, 0.15) is 5.76 Å². The van der Waals surface area contributed by atoms with Crippen molar-refractivity contribution >= 4 is 10.0 Å². The van der Waals surface area contributed by atoms with Gasteiger partial charge in [-0.15, -0.1) is 0 Å². The maximum atomic E-state index is 12.1. The van der Waals surface area contributed by atoms with Gasteiger partial charge in [0.25, 0.3) is 10.0 Å². The van der Waals surface area contributed by atoms with Crippen molar-refractivity contribution in [1.29, 1.82) is 0 Å². The number of hydrogen-bond donors (Lipinski definition) is 1. The summed E-state index contributed by atoms with van der Waals surface area (Å²) >= 11 is 0. The van der Waals surface area contributed by atoms with Crippen LogP contribution >= 0.6 is 0 Å². The molecule has 0 aliphatic heterocycles. The number of sulfonamides is 1. The summed E-state index contributed by atoms with van der Waals surface area (Å²) in [6, 6.07) is 2.94. The molecule has 0 amide bonds. The predicted molar refractivity (Wildman–Crippen MR) is 61.3 cm³/mol. The summed E-state index contributed by atoms with van der Waals surface area (Å²) in [4.78, 5) is 0. The zero-order valence-electron chi connectivity index (χ0n) is 9.80. The van der Waals surface area contributed by atoms with Crippen molar-refractivity contribution in [3.63, 3.8) is 0 Å². The van der Waals surface area contributed by atoms with E-state index in [4.69, 9.17) is 10.2 Å². The number of nitrogens with zero attached hydrogens (tertiary/aromatic N) is 1. The number of furan rings is 1. The largest absolute Gasteiger partial charge is 0.447 e. The normalized spacial score (nSPS) is 12.6. The predicted octanol–water partition coefficient (Wildman–Crippen LogP) is 1.16. The molecule has 2 N–H and O–H groups in total. The Kier molecular flexibility index (Phi) is 4.12. The van der Waals surface area contributed by atoms with Crippen LogP contribution in [0.2, 0.25) is 0 Å². The van der Waals surface area contributed by atoms with Crippen molar-refractivity contribution in [3.8, 4) is 0 Å². The smallest absolute Gasteiger partial charge is 0.276 e. The van der Waals surface area contributed by atoms with Crippen LogP contribution < -0.4 is 5.73 Å². The van der Waals surface area contributed by atoms with E-state index in [1.165, 1.54) is 10.4 Å². The summed E-state index contributed by atoms with van der Waals surface area (Å²) in [6.07, 6.45) is 0. The fourth-order valence-corrected chi connectivity index (χ4v) is 3.11. The Balaban J connectivity index is 3.09. The lowest BCUT2D eigenvalue weighted by Crippen LogP contribution is -2.36. The van der Waals surface area contributed by atoms with E-state index in [0.29, 0.717) is 12.3 Å². The topological polar surface area (TPSA) is 76.5 Å². The van der Waals surface area contributed by atoms with E-state index in [-0.39, 0.29) is 17.7 Å². The van der Waals surface area contributed by atoms with Crippen LogP contribution in [0.3, 0.4) is 0 Å². The van der Waals surface area contributed by atoms with Crippen molar-refractivity contribution in [1.82, 2.24) is 4.31 Å². The second-order valence-corrected chi connectivity index (χ2v) is 5.55. The van der Waals surface area contributed by atoms with Gasteiger partial charge in [-0.2, -0.15) is 4.31 Å². The molecule has 0 aromatic carbocycles. The minimum absolute atomic E-state index is 0.0384. The molecule has 0 radical (unpaired) electrons. The highest BCUT2D eigenvalue weighted by atomic mass is 32.2. The zero-order valence-corrected chi connectivity index (χ0v) is 10.6. The number of hydrogen-bond acceptors (Lipinski definition) is 4. The van der Waals surface area contributed by atoms with Crippen molar-refractivity contribution in [2.45, 2.75) is 38.5 Å². The van der Waals surface area contributed by atoms with Gasteiger partial charge in [0, 0.05) is 12.6 Å². The zero-order chi connectivity index (χ0) is 12.3. The van der Waals surface area contributed by atoms with Gasteiger partial charge in [0.15, 0.2) is 0 Å². The minimum atomic E-state index is -3.53. The monoisotopic (exact) mass is 246 g/mol. The second kappa shape index (κ2) is 4.99. The highest BCUT2D eigenvalue weighted by Crippen LogP contribution is 2.20. The average Bonchev–Trinajstić information content (AvgIpc) is 2.66. The molecule has 1 aromatic rings. The van der Waals surface area contributed by atoms with Gasteiger partial charge in [-0.05, 0) is 26.0 Å². The standard InChI is InChI=1S/C10H18N2O3S/c1-4-12(8(2)3)16(13,14)10-6-5-9(7-11)15-10/h5-6,8H,4,7,11H2,1-3H3. The lowest BCUT2D eigenvalue weighted by atomic mass is 10.4. The van der Waals surface area contributed by atoms with E-state index in [1.807, 2.05) is 13.8 Å². The molecule has 0 atom stereocenters. The molecule has 0 aliphatic carbocycles. The highest BCUT2D eigenvalue weighted by molar-refractivity contribution is 7.89. The third-order valence-corrected chi connectivity index (χ3v) is 4.31. The molecule has 1 heterocycles. The maximum absolute atomic E-state index is 12.1. The molecule has 5 nitrogen and oxygen atoms in total. The lowest BCUT2D eigenvalue weighted by molar-refractivity contribution is 0.342. The van der Waals surface area contributed by atoms with Crippen LogP contribution in [0.5, 0.6) is 0 Å². The molecule has 0 unspecified atom stereocenters. The second-order valence-electron chi connectivity index (χ2n) is 3.73. The minimum Gasteiger partial charge on any atom is -0.447 e. The quantitative estimate of drug-likeness (QED) is 0.845. The first kappa shape index (κ1) is 13.2. The first-order valence-corrected chi connectivity index (χ1v) is 6.68. The highest BCUT2D eigenvalue weighted by Gasteiger charge is 2.28. The third kappa shape index (κ3) is 2.45. The van der Waals surface area contributed by atoms with E-state index >= 15 is 0 Å². The summed E-state index contributed by atoms with van der Waals surface area (Å²) in [7, 11) is -3.53. The Labute approximate surface area is 96.3 Å². The van der Waals surface area contributed by atoms with Crippen molar-refractivity contribution in [2.75, 3.05) is 6.54 Å². The van der Waals surface area contributed by atoms with E-state index in [2.05, 4.69) is 0 Å². The first-order chi connectivity index (χ1) is 7.43. The van der Waals surface area contributed by atoms with Gasteiger partial charge in [-0.25, -0.2) is 8.42 Å². The summed E-state index contributed by atoms with van der Waals surface area (Å²) < 4.78 is 30.8. The summed E-state index contributed by atoms with van der Waals surface area (Å²) in [5, 5.41) is -0.0384. The molecule has 0 aliphatic rings. The van der Waals surface area contributed by atoms with E-state index in [0.717, 1.165) is 0 Å². The molecule has 1 rings (SSSR count). The van der Waals surface area contributed by atoms with Crippen LogP contribution in [0, 0.1) is 0 Å². The van der Waals surface area contributed by atoms with Gasteiger partial charge in [0.2, 0.25) is 5.09 Å². The molecule has 1 aromatic heterocycles. The average molecular weight is 246 g/mol. The molecular formula is C10H18N2O3S. The van der Waals surface area contributed by atoms with Crippen LogP contribution in [-0.4, -0.2) is 25.3 Å². The van der Waals surface area contributed by atoms with Gasteiger partial charge < -0.3 is 10.2 Å².